The molecule has 1 heterocycles. The number of carbonyl (C=O) groups is 1. The fourth-order valence-electron chi connectivity index (χ4n) is 1.18. The zero-order chi connectivity index (χ0) is 9.30. The fourth-order valence-corrected chi connectivity index (χ4v) is 2.72. The van der Waals surface area contributed by atoms with Gasteiger partial charge in [0, 0.05) is 16.6 Å². The molecule has 1 N–H and O–H groups in total. The monoisotopic (exact) mass is 188 g/mol. The van der Waals surface area contributed by atoms with Crippen LogP contribution in [-0.2, 0) is 15.6 Å². The third-order valence-corrected chi connectivity index (χ3v) is 3.89. The third-order valence-electron chi connectivity index (χ3n) is 2.17. The van der Waals surface area contributed by atoms with Crippen molar-refractivity contribution in [3.05, 3.63) is 11.1 Å². The van der Waals surface area contributed by atoms with Crippen LogP contribution in [0.25, 0.3) is 0 Å². The highest BCUT2D eigenvalue weighted by molar-refractivity contribution is 7.86. The number of carboxylic acids is 1. The van der Waals surface area contributed by atoms with Crippen molar-refractivity contribution >= 4 is 16.8 Å². The fraction of sp³-hybridized carbons (Fsp3) is 0.625. The summed E-state index contributed by atoms with van der Waals surface area (Å²) >= 11 is 0. The van der Waals surface area contributed by atoms with Crippen molar-refractivity contribution in [2.45, 2.75) is 25.5 Å². The number of carboxylic acid groups (broad SMARTS) is 1. The van der Waals surface area contributed by atoms with E-state index in [1.165, 1.54) is 0 Å². The smallest absolute Gasteiger partial charge is 0.319 e. The minimum absolute atomic E-state index is 0.419. The Morgan fingerprint density at radius 3 is 2.58 bits per heavy atom. The Labute approximate surface area is 73.9 Å². The standard InChI is InChI=1S/C8H12O3S/c1-5-3-7(8(9)10)12(11)4-6(5)2/h7H,3-4H2,1-2H3,(H,9,10)/t7-,12?/m0/s1. The van der Waals surface area contributed by atoms with Crippen molar-refractivity contribution in [1.29, 1.82) is 0 Å². The van der Waals surface area contributed by atoms with Gasteiger partial charge in [-0.1, -0.05) is 11.1 Å². The average Bonchev–Trinajstić information content (AvgIpc) is 1.96. The van der Waals surface area contributed by atoms with Gasteiger partial charge >= 0.3 is 5.97 Å². The average molecular weight is 188 g/mol. The lowest BCUT2D eigenvalue weighted by Gasteiger charge is -2.20. The highest BCUT2D eigenvalue weighted by Crippen LogP contribution is 2.22. The maximum Gasteiger partial charge on any atom is 0.319 e. The zero-order valence-corrected chi connectivity index (χ0v) is 7.98. The summed E-state index contributed by atoms with van der Waals surface area (Å²) in [4.78, 5) is 10.6. The number of allylic oxidation sites excluding steroid dienone is 1. The van der Waals surface area contributed by atoms with Crippen LogP contribution in [-0.4, -0.2) is 26.3 Å². The summed E-state index contributed by atoms with van der Waals surface area (Å²) in [6.45, 7) is 3.81. The Morgan fingerprint density at radius 2 is 2.08 bits per heavy atom. The minimum Gasteiger partial charge on any atom is -0.480 e. The molecule has 0 saturated carbocycles. The van der Waals surface area contributed by atoms with Gasteiger partial charge in [0.05, 0.1) is 0 Å². The summed E-state index contributed by atoms with van der Waals surface area (Å²) in [6, 6.07) is 0. The highest BCUT2D eigenvalue weighted by atomic mass is 32.2. The van der Waals surface area contributed by atoms with Crippen LogP contribution in [0.5, 0.6) is 0 Å². The molecule has 12 heavy (non-hydrogen) atoms. The number of aliphatic carboxylic acids is 1. The van der Waals surface area contributed by atoms with E-state index in [1.54, 1.807) is 0 Å². The summed E-state index contributed by atoms with van der Waals surface area (Å²) < 4.78 is 11.3. The molecule has 0 bridgehead atoms. The SMILES string of the molecule is CC1=C(C)CS(=O)[C@H](C(=O)O)C1. The molecule has 3 nitrogen and oxygen atoms in total. The van der Waals surface area contributed by atoms with Crippen molar-refractivity contribution < 1.29 is 14.1 Å². The maximum absolute atomic E-state index is 11.3. The molecule has 0 amide bonds. The molecule has 0 saturated heterocycles. The van der Waals surface area contributed by atoms with E-state index < -0.39 is 22.0 Å². The molecule has 0 aromatic carbocycles. The molecule has 1 aliphatic rings. The Balaban J connectivity index is 2.86. The van der Waals surface area contributed by atoms with Crippen LogP contribution in [0.15, 0.2) is 11.1 Å². The first kappa shape index (κ1) is 9.45. The summed E-state index contributed by atoms with van der Waals surface area (Å²) in [5.41, 5.74) is 2.15. The van der Waals surface area contributed by atoms with E-state index in [1.807, 2.05) is 13.8 Å². The van der Waals surface area contributed by atoms with E-state index in [0.717, 1.165) is 11.1 Å². The van der Waals surface area contributed by atoms with Gasteiger partial charge in [0.1, 0.15) is 5.25 Å². The molecule has 1 unspecified atom stereocenters. The summed E-state index contributed by atoms with van der Waals surface area (Å²) in [5, 5.41) is 8.01. The van der Waals surface area contributed by atoms with E-state index in [2.05, 4.69) is 0 Å². The summed E-state index contributed by atoms with van der Waals surface area (Å²) in [7, 11) is -1.22. The molecule has 0 aliphatic carbocycles. The lowest BCUT2D eigenvalue weighted by molar-refractivity contribution is -0.136. The van der Waals surface area contributed by atoms with Crippen molar-refractivity contribution in [1.82, 2.24) is 0 Å². The normalized spacial score (nSPS) is 30.5. The molecule has 0 aromatic heterocycles. The van der Waals surface area contributed by atoms with Crippen LogP contribution in [0.2, 0.25) is 0 Å². The molecule has 0 fully saturated rings. The molecular weight excluding hydrogens is 176 g/mol. The third kappa shape index (κ3) is 1.75. The van der Waals surface area contributed by atoms with E-state index in [-0.39, 0.29) is 0 Å². The van der Waals surface area contributed by atoms with Gasteiger partial charge in [-0.15, -0.1) is 0 Å². The highest BCUT2D eigenvalue weighted by Gasteiger charge is 2.29. The lowest BCUT2D eigenvalue weighted by Crippen LogP contribution is -2.31. The van der Waals surface area contributed by atoms with Gasteiger partial charge in [-0.2, -0.15) is 0 Å². The van der Waals surface area contributed by atoms with Crippen molar-refractivity contribution in [2.24, 2.45) is 0 Å². The van der Waals surface area contributed by atoms with Gasteiger partial charge in [0.25, 0.3) is 0 Å². The zero-order valence-electron chi connectivity index (χ0n) is 7.16. The van der Waals surface area contributed by atoms with Crippen molar-refractivity contribution in [2.75, 3.05) is 5.75 Å². The Kier molecular flexibility index (Phi) is 2.67. The summed E-state index contributed by atoms with van der Waals surface area (Å²) in [6.07, 6.45) is 0.438. The second-order valence-corrected chi connectivity index (χ2v) is 4.74. The van der Waals surface area contributed by atoms with Gasteiger partial charge in [-0.05, 0) is 20.3 Å². The van der Waals surface area contributed by atoms with Crippen LogP contribution in [0.1, 0.15) is 20.3 Å². The van der Waals surface area contributed by atoms with Gasteiger partial charge < -0.3 is 5.11 Å². The van der Waals surface area contributed by atoms with Gasteiger partial charge in [-0.3, -0.25) is 9.00 Å². The molecule has 0 aromatic rings. The molecule has 1 aliphatic heterocycles. The van der Waals surface area contributed by atoms with Crippen molar-refractivity contribution in [3.8, 4) is 0 Å². The lowest BCUT2D eigenvalue weighted by atomic mass is 10.1. The predicted octanol–water partition coefficient (Wildman–Crippen LogP) is 0.928. The van der Waals surface area contributed by atoms with E-state index in [0.29, 0.717) is 12.2 Å². The summed E-state index contributed by atoms with van der Waals surface area (Å²) in [5.74, 6) is -0.525. The number of hydrogen-bond donors (Lipinski definition) is 1. The Bertz CT molecular complexity index is 267. The largest absolute Gasteiger partial charge is 0.480 e. The molecule has 1 rings (SSSR count). The van der Waals surface area contributed by atoms with Gasteiger partial charge in [-0.25, -0.2) is 0 Å². The molecular formula is C8H12O3S. The Morgan fingerprint density at radius 1 is 1.50 bits per heavy atom. The molecule has 0 spiro atoms. The van der Waals surface area contributed by atoms with E-state index in [9.17, 15) is 9.00 Å². The first-order valence-corrected chi connectivity index (χ1v) is 5.15. The second kappa shape index (κ2) is 3.39. The van der Waals surface area contributed by atoms with Gasteiger partial charge in [0.15, 0.2) is 0 Å². The first-order chi connectivity index (χ1) is 5.52. The number of hydrogen-bond acceptors (Lipinski definition) is 2. The van der Waals surface area contributed by atoms with E-state index in [4.69, 9.17) is 5.11 Å². The van der Waals surface area contributed by atoms with Crippen LogP contribution in [0, 0.1) is 0 Å². The molecule has 68 valence electrons. The predicted molar refractivity (Wildman–Crippen MR) is 47.4 cm³/mol. The molecule has 4 heteroatoms. The van der Waals surface area contributed by atoms with Crippen LogP contribution in [0.4, 0.5) is 0 Å². The molecule has 2 atom stereocenters. The van der Waals surface area contributed by atoms with Crippen LogP contribution >= 0.6 is 0 Å². The molecule has 0 radical (unpaired) electrons. The van der Waals surface area contributed by atoms with Crippen LogP contribution in [0.3, 0.4) is 0 Å². The topological polar surface area (TPSA) is 54.4 Å². The second-order valence-electron chi connectivity index (χ2n) is 3.12. The van der Waals surface area contributed by atoms with Crippen LogP contribution < -0.4 is 0 Å². The maximum atomic E-state index is 11.3. The Hall–Kier alpha value is -0.640. The number of rotatable bonds is 1. The van der Waals surface area contributed by atoms with Crippen molar-refractivity contribution in [3.63, 3.8) is 0 Å². The van der Waals surface area contributed by atoms with E-state index >= 15 is 0 Å². The van der Waals surface area contributed by atoms with Gasteiger partial charge in [0.2, 0.25) is 0 Å². The first-order valence-electron chi connectivity index (χ1n) is 3.77. The quantitative estimate of drug-likeness (QED) is 0.623. The minimum atomic E-state index is -1.22.